The lowest BCUT2D eigenvalue weighted by Gasteiger charge is -2.12. The summed E-state index contributed by atoms with van der Waals surface area (Å²) in [5.41, 5.74) is 8.67. The molecule has 1 heterocycles. The molecule has 1 aromatic carbocycles. The van der Waals surface area contributed by atoms with Gasteiger partial charge >= 0.3 is 0 Å². The van der Waals surface area contributed by atoms with E-state index in [0.717, 1.165) is 14.5 Å². The maximum atomic E-state index is 6.31. The van der Waals surface area contributed by atoms with Gasteiger partial charge in [0.25, 0.3) is 0 Å². The van der Waals surface area contributed by atoms with Gasteiger partial charge < -0.3 is 5.73 Å². The molecule has 0 aliphatic rings. The standard InChI is InChI=1S/C13H13Br2NS/c1-7-5-9(3-4-10(7)14)12(16)13-11(15)6-8(2)17-13/h3-6,12H,16H2,1-2H3. The summed E-state index contributed by atoms with van der Waals surface area (Å²) in [6.07, 6.45) is 0. The molecule has 0 saturated carbocycles. The Morgan fingerprint density at radius 1 is 1.12 bits per heavy atom. The van der Waals surface area contributed by atoms with Crippen molar-refractivity contribution in [1.82, 2.24) is 0 Å². The third-order valence-electron chi connectivity index (χ3n) is 2.66. The molecule has 90 valence electrons. The molecular weight excluding hydrogens is 362 g/mol. The highest BCUT2D eigenvalue weighted by atomic mass is 79.9. The summed E-state index contributed by atoms with van der Waals surface area (Å²) in [5, 5.41) is 0. The van der Waals surface area contributed by atoms with Crippen LogP contribution >= 0.6 is 43.2 Å². The molecule has 0 saturated heterocycles. The van der Waals surface area contributed by atoms with Crippen LogP contribution in [-0.4, -0.2) is 0 Å². The fraction of sp³-hybridized carbons (Fsp3) is 0.231. The Hall–Kier alpha value is -0.160. The third-order valence-corrected chi connectivity index (χ3v) is 5.60. The van der Waals surface area contributed by atoms with Gasteiger partial charge in [0.2, 0.25) is 0 Å². The van der Waals surface area contributed by atoms with Crippen LogP contribution in [0, 0.1) is 13.8 Å². The Balaban J connectivity index is 2.40. The van der Waals surface area contributed by atoms with Crippen LogP contribution in [0.25, 0.3) is 0 Å². The Bertz CT molecular complexity index is 548. The van der Waals surface area contributed by atoms with Crippen LogP contribution in [-0.2, 0) is 0 Å². The first-order valence-corrected chi connectivity index (χ1v) is 7.66. The van der Waals surface area contributed by atoms with Crippen LogP contribution in [0.4, 0.5) is 0 Å². The lowest BCUT2D eigenvalue weighted by atomic mass is 10.0. The van der Waals surface area contributed by atoms with E-state index in [9.17, 15) is 0 Å². The van der Waals surface area contributed by atoms with Gasteiger partial charge in [-0.3, -0.25) is 0 Å². The lowest BCUT2D eigenvalue weighted by molar-refractivity contribution is 0.886. The van der Waals surface area contributed by atoms with Crippen molar-refractivity contribution < 1.29 is 0 Å². The molecule has 17 heavy (non-hydrogen) atoms. The maximum absolute atomic E-state index is 6.31. The van der Waals surface area contributed by atoms with Gasteiger partial charge in [0.15, 0.2) is 0 Å². The molecule has 0 amide bonds. The molecular formula is C13H13Br2NS. The highest BCUT2D eigenvalue weighted by molar-refractivity contribution is 9.10. The SMILES string of the molecule is Cc1cc(Br)c(C(N)c2ccc(Br)c(C)c2)s1. The van der Waals surface area contributed by atoms with Crippen molar-refractivity contribution >= 4 is 43.2 Å². The van der Waals surface area contributed by atoms with Crippen molar-refractivity contribution in [2.75, 3.05) is 0 Å². The molecule has 0 radical (unpaired) electrons. The summed E-state index contributed by atoms with van der Waals surface area (Å²) in [6, 6.07) is 8.32. The van der Waals surface area contributed by atoms with Gasteiger partial charge in [0, 0.05) is 18.7 Å². The summed E-state index contributed by atoms with van der Waals surface area (Å²) in [6.45, 7) is 4.17. The van der Waals surface area contributed by atoms with Crippen LogP contribution < -0.4 is 5.73 Å². The van der Waals surface area contributed by atoms with Gasteiger partial charge in [-0.25, -0.2) is 0 Å². The molecule has 0 aliphatic carbocycles. The summed E-state index contributed by atoms with van der Waals surface area (Å²) in [4.78, 5) is 2.46. The first kappa shape index (κ1) is 13.3. The topological polar surface area (TPSA) is 26.0 Å². The van der Waals surface area contributed by atoms with E-state index < -0.39 is 0 Å². The molecule has 1 unspecified atom stereocenters. The van der Waals surface area contributed by atoms with E-state index >= 15 is 0 Å². The Kier molecular flexibility index (Phi) is 4.08. The fourth-order valence-corrected chi connectivity index (χ4v) is 3.90. The summed E-state index contributed by atoms with van der Waals surface area (Å²) >= 11 is 8.82. The first-order valence-electron chi connectivity index (χ1n) is 5.26. The predicted molar refractivity (Wildman–Crippen MR) is 81.7 cm³/mol. The van der Waals surface area contributed by atoms with E-state index in [0.29, 0.717) is 0 Å². The molecule has 0 bridgehead atoms. The summed E-state index contributed by atoms with van der Waals surface area (Å²) < 4.78 is 2.22. The van der Waals surface area contributed by atoms with Gasteiger partial charge in [-0.05, 0) is 53.0 Å². The van der Waals surface area contributed by atoms with E-state index in [1.165, 1.54) is 15.3 Å². The van der Waals surface area contributed by atoms with Crippen LogP contribution in [0.5, 0.6) is 0 Å². The highest BCUT2D eigenvalue weighted by Gasteiger charge is 2.15. The number of aryl methyl sites for hydroxylation is 2. The Labute approximate surface area is 122 Å². The molecule has 0 fully saturated rings. The second-order valence-electron chi connectivity index (χ2n) is 4.06. The van der Waals surface area contributed by atoms with E-state index in [2.05, 4.69) is 70.0 Å². The zero-order valence-corrected chi connectivity index (χ0v) is 13.6. The minimum Gasteiger partial charge on any atom is -0.320 e. The summed E-state index contributed by atoms with van der Waals surface area (Å²) in [7, 11) is 0. The van der Waals surface area contributed by atoms with Gasteiger partial charge in [-0.15, -0.1) is 11.3 Å². The second-order valence-corrected chi connectivity index (χ2v) is 7.05. The number of thiophene rings is 1. The van der Waals surface area contributed by atoms with Crippen molar-refractivity contribution in [1.29, 1.82) is 0 Å². The molecule has 1 aromatic heterocycles. The van der Waals surface area contributed by atoms with Crippen LogP contribution in [0.1, 0.15) is 26.9 Å². The molecule has 1 nitrogen and oxygen atoms in total. The fourth-order valence-electron chi connectivity index (χ4n) is 1.73. The average molecular weight is 375 g/mol. The molecule has 0 aliphatic heterocycles. The maximum Gasteiger partial charge on any atom is 0.0657 e. The zero-order chi connectivity index (χ0) is 12.6. The quantitative estimate of drug-likeness (QED) is 0.791. The van der Waals surface area contributed by atoms with E-state index in [1.807, 2.05) is 0 Å². The molecule has 1 atom stereocenters. The van der Waals surface area contributed by atoms with Crippen molar-refractivity contribution in [3.8, 4) is 0 Å². The second kappa shape index (κ2) is 5.22. The van der Waals surface area contributed by atoms with Crippen molar-refractivity contribution in [2.24, 2.45) is 5.73 Å². The number of halogens is 2. The first-order chi connectivity index (χ1) is 7.99. The van der Waals surface area contributed by atoms with Crippen LogP contribution in [0.15, 0.2) is 33.2 Å². The molecule has 0 spiro atoms. The minimum atomic E-state index is -0.0603. The van der Waals surface area contributed by atoms with Crippen LogP contribution in [0.2, 0.25) is 0 Å². The normalized spacial score (nSPS) is 12.8. The van der Waals surface area contributed by atoms with Crippen LogP contribution in [0.3, 0.4) is 0 Å². The van der Waals surface area contributed by atoms with Gasteiger partial charge in [0.05, 0.1) is 6.04 Å². The molecule has 2 rings (SSSR count). The van der Waals surface area contributed by atoms with Crippen molar-refractivity contribution in [3.63, 3.8) is 0 Å². The van der Waals surface area contributed by atoms with Crippen molar-refractivity contribution in [3.05, 3.63) is 54.1 Å². The van der Waals surface area contributed by atoms with Crippen molar-refractivity contribution in [2.45, 2.75) is 19.9 Å². The minimum absolute atomic E-state index is 0.0603. The van der Waals surface area contributed by atoms with Gasteiger partial charge in [-0.1, -0.05) is 28.1 Å². The summed E-state index contributed by atoms with van der Waals surface area (Å²) in [5.74, 6) is 0. The third kappa shape index (κ3) is 2.81. The number of hydrogen-bond acceptors (Lipinski definition) is 2. The average Bonchev–Trinajstić information content (AvgIpc) is 2.61. The van der Waals surface area contributed by atoms with E-state index in [4.69, 9.17) is 5.73 Å². The Morgan fingerprint density at radius 2 is 1.82 bits per heavy atom. The number of benzene rings is 1. The van der Waals surface area contributed by atoms with E-state index in [-0.39, 0.29) is 6.04 Å². The lowest BCUT2D eigenvalue weighted by Crippen LogP contribution is -2.10. The van der Waals surface area contributed by atoms with E-state index in [1.54, 1.807) is 11.3 Å². The smallest absolute Gasteiger partial charge is 0.0657 e. The number of nitrogens with two attached hydrogens (primary N) is 1. The number of rotatable bonds is 2. The molecule has 2 N–H and O–H groups in total. The van der Waals surface area contributed by atoms with Gasteiger partial charge in [-0.2, -0.15) is 0 Å². The predicted octanol–water partition coefficient (Wildman–Crippen LogP) is 4.94. The number of hydrogen-bond donors (Lipinski definition) is 1. The Morgan fingerprint density at radius 3 is 2.35 bits per heavy atom. The highest BCUT2D eigenvalue weighted by Crippen LogP contribution is 2.34. The zero-order valence-electron chi connectivity index (χ0n) is 9.63. The monoisotopic (exact) mass is 373 g/mol. The largest absolute Gasteiger partial charge is 0.320 e. The molecule has 4 heteroatoms. The van der Waals surface area contributed by atoms with Gasteiger partial charge in [0.1, 0.15) is 0 Å². The molecule has 2 aromatic rings.